The van der Waals surface area contributed by atoms with E-state index in [9.17, 15) is 4.79 Å². The van der Waals surface area contributed by atoms with E-state index in [2.05, 4.69) is 11.5 Å². The topological polar surface area (TPSA) is 36.0 Å². The number of hydrogen-bond donors (Lipinski definition) is 0. The predicted octanol–water partition coefficient (Wildman–Crippen LogP) is 0.446. The lowest BCUT2D eigenvalue weighted by Gasteiger charge is -2.29. The summed E-state index contributed by atoms with van der Waals surface area (Å²) >= 11 is 0. The Morgan fingerprint density at radius 1 is 1.44 bits per heavy atom. The van der Waals surface area contributed by atoms with Crippen LogP contribution in [0, 0.1) is 0 Å². The summed E-state index contributed by atoms with van der Waals surface area (Å²) in [6.45, 7) is 8.68. The molecule has 5 heteroatoms. The van der Waals surface area contributed by atoms with Crippen molar-refractivity contribution in [3.63, 3.8) is 0 Å². The van der Waals surface area contributed by atoms with Gasteiger partial charge >= 0.3 is 6.03 Å². The van der Waals surface area contributed by atoms with Crippen molar-refractivity contribution in [3.05, 3.63) is 12.8 Å². The van der Waals surface area contributed by atoms with Gasteiger partial charge in [-0.05, 0) is 0 Å². The summed E-state index contributed by atoms with van der Waals surface area (Å²) in [6, 6.07) is -0.0248. The summed E-state index contributed by atoms with van der Waals surface area (Å²) < 4.78 is 5.27. The molecule has 5 nitrogen and oxygen atoms in total. The smallest absolute Gasteiger partial charge is 0.323 e. The second-order valence-corrected chi connectivity index (χ2v) is 4.01. The van der Waals surface area contributed by atoms with Crippen molar-refractivity contribution in [2.24, 2.45) is 0 Å². The molecule has 1 rings (SSSR count). The largest absolute Gasteiger partial charge is 0.379 e. The van der Waals surface area contributed by atoms with Crippen molar-refractivity contribution in [2.45, 2.75) is 0 Å². The van der Waals surface area contributed by atoms with Gasteiger partial charge < -0.3 is 14.5 Å². The molecule has 1 saturated heterocycles. The molecule has 1 heterocycles. The number of carbonyl (C=O) groups is 1. The maximum Gasteiger partial charge on any atom is 0.323 e. The third-order valence-electron chi connectivity index (χ3n) is 2.61. The monoisotopic (exact) mass is 227 g/mol. The summed E-state index contributed by atoms with van der Waals surface area (Å²) in [5, 5.41) is 0. The Hall–Kier alpha value is -1.07. The van der Waals surface area contributed by atoms with Crippen LogP contribution < -0.4 is 0 Å². The van der Waals surface area contributed by atoms with E-state index in [1.807, 2.05) is 0 Å². The standard InChI is InChI=1S/C11H21N3O2/c1-4-14(11(15)12(2)3)6-5-13-7-9-16-10-8-13/h4H,1,5-10H2,2-3H3. The van der Waals surface area contributed by atoms with Crippen molar-refractivity contribution in [2.75, 3.05) is 53.5 Å². The number of hydrogen-bond acceptors (Lipinski definition) is 3. The number of urea groups is 1. The van der Waals surface area contributed by atoms with Crippen LogP contribution in [0.2, 0.25) is 0 Å². The zero-order chi connectivity index (χ0) is 12.0. The van der Waals surface area contributed by atoms with E-state index in [4.69, 9.17) is 4.74 Å². The van der Waals surface area contributed by atoms with E-state index in [1.54, 1.807) is 30.1 Å². The highest BCUT2D eigenvalue weighted by Crippen LogP contribution is 2.00. The Morgan fingerprint density at radius 3 is 2.56 bits per heavy atom. The molecular formula is C11H21N3O2. The van der Waals surface area contributed by atoms with Crippen LogP contribution in [0.25, 0.3) is 0 Å². The van der Waals surface area contributed by atoms with Gasteiger partial charge in [0.05, 0.1) is 13.2 Å². The number of ether oxygens (including phenoxy) is 1. The van der Waals surface area contributed by atoms with Gasteiger partial charge in [-0.3, -0.25) is 4.90 Å². The van der Waals surface area contributed by atoms with E-state index in [0.29, 0.717) is 6.54 Å². The van der Waals surface area contributed by atoms with Crippen molar-refractivity contribution >= 4 is 6.03 Å². The molecule has 0 unspecified atom stereocenters. The van der Waals surface area contributed by atoms with Gasteiger partial charge in [-0.2, -0.15) is 0 Å². The number of nitrogens with zero attached hydrogens (tertiary/aromatic N) is 3. The first-order chi connectivity index (χ1) is 7.65. The Morgan fingerprint density at radius 2 is 2.06 bits per heavy atom. The number of rotatable bonds is 4. The molecule has 0 bridgehead atoms. The van der Waals surface area contributed by atoms with Gasteiger partial charge in [-0.25, -0.2) is 4.79 Å². The van der Waals surface area contributed by atoms with Crippen LogP contribution in [-0.2, 0) is 4.74 Å². The summed E-state index contributed by atoms with van der Waals surface area (Å²) in [5.74, 6) is 0. The molecule has 1 fully saturated rings. The van der Waals surface area contributed by atoms with E-state index < -0.39 is 0 Å². The fraction of sp³-hybridized carbons (Fsp3) is 0.727. The molecule has 1 aliphatic rings. The summed E-state index contributed by atoms with van der Waals surface area (Å²) in [6.07, 6.45) is 1.59. The lowest BCUT2D eigenvalue weighted by Crippen LogP contribution is -2.43. The molecule has 16 heavy (non-hydrogen) atoms. The Kier molecular flexibility index (Phi) is 5.28. The number of amides is 2. The average molecular weight is 227 g/mol. The summed E-state index contributed by atoms with van der Waals surface area (Å²) in [4.78, 5) is 17.2. The minimum Gasteiger partial charge on any atom is -0.379 e. The van der Waals surface area contributed by atoms with Crippen LogP contribution in [0.3, 0.4) is 0 Å². The van der Waals surface area contributed by atoms with Gasteiger partial charge in [0.15, 0.2) is 0 Å². The first-order valence-corrected chi connectivity index (χ1v) is 5.55. The predicted molar refractivity (Wildman–Crippen MR) is 63.2 cm³/mol. The third kappa shape index (κ3) is 3.83. The molecule has 0 aromatic heterocycles. The molecule has 92 valence electrons. The van der Waals surface area contributed by atoms with Crippen LogP contribution in [0.15, 0.2) is 12.8 Å². The van der Waals surface area contributed by atoms with Crippen LogP contribution in [-0.4, -0.2) is 74.2 Å². The fourth-order valence-electron chi connectivity index (χ4n) is 1.60. The van der Waals surface area contributed by atoms with Gasteiger partial charge in [0.2, 0.25) is 0 Å². The minimum atomic E-state index is -0.0248. The van der Waals surface area contributed by atoms with Gasteiger partial charge in [0, 0.05) is 46.5 Å². The fourth-order valence-corrected chi connectivity index (χ4v) is 1.60. The first-order valence-electron chi connectivity index (χ1n) is 5.55. The molecule has 0 aromatic rings. The van der Waals surface area contributed by atoms with Gasteiger partial charge in [0.1, 0.15) is 0 Å². The zero-order valence-corrected chi connectivity index (χ0v) is 10.2. The molecule has 2 amide bonds. The second-order valence-electron chi connectivity index (χ2n) is 4.01. The highest BCUT2D eigenvalue weighted by atomic mass is 16.5. The van der Waals surface area contributed by atoms with Crippen LogP contribution >= 0.6 is 0 Å². The van der Waals surface area contributed by atoms with Crippen molar-refractivity contribution < 1.29 is 9.53 Å². The minimum absolute atomic E-state index is 0.0248. The first kappa shape index (κ1) is 13.0. The average Bonchev–Trinajstić information content (AvgIpc) is 2.30. The Balaban J connectivity index is 2.32. The van der Waals surface area contributed by atoms with Crippen LogP contribution in [0.1, 0.15) is 0 Å². The quantitative estimate of drug-likeness (QED) is 0.699. The molecule has 0 spiro atoms. The summed E-state index contributed by atoms with van der Waals surface area (Å²) in [7, 11) is 3.49. The van der Waals surface area contributed by atoms with E-state index in [-0.39, 0.29) is 6.03 Å². The van der Waals surface area contributed by atoms with E-state index in [1.165, 1.54) is 0 Å². The normalized spacial score (nSPS) is 16.9. The van der Waals surface area contributed by atoms with Crippen LogP contribution in [0.4, 0.5) is 4.79 Å². The van der Waals surface area contributed by atoms with Crippen molar-refractivity contribution in [3.8, 4) is 0 Å². The molecule has 0 aliphatic carbocycles. The zero-order valence-electron chi connectivity index (χ0n) is 10.2. The Labute approximate surface area is 97.2 Å². The molecular weight excluding hydrogens is 206 g/mol. The molecule has 1 aliphatic heterocycles. The Bertz CT molecular complexity index is 237. The molecule has 0 saturated carbocycles. The van der Waals surface area contributed by atoms with E-state index in [0.717, 1.165) is 32.8 Å². The van der Waals surface area contributed by atoms with Gasteiger partial charge in [0.25, 0.3) is 0 Å². The molecule has 0 aromatic carbocycles. The lowest BCUT2D eigenvalue weighted by molar-refractivity contribution is 0.0359. The van der Waals surface area contributed by atoms with Gasteiger partial charge in [-0.15, -0.1) is 0 Å². The van der Waals surface area contributed by atoms with Crippen molar-refractivity contribution in [1.29, 1.82) is 0 Å². The molecule has 0 atom stereocenters. The highest BCUT2D eigenvalue weighted by molar-refractivity contribution is 5.74. The van der Waals surface area contributed by atoms with Crippen molar-refractivity contribution in [1.82, 2.24) is 14.7 Å². The SMILES string of the molecule is C=CN(CCN1CCOCC1)C(=O)N(C)C. The van der Waals surface area contributed by atoms with E-state index >= 15 is 0 Å². The maximum atomic E-state index is 11.7. The number of morpholine rings is 1. The van der Waals surface area contributed by atoms with Gasteiger partial charge in [-0.1, -0.05) is 6.58 Å². The van der Waals surface area contributed by atoms with Crippen LogP contribution in [0.5, 0.6) is 0 Å². The maximum absolute atomic E-state index is 11.7. The summed E-state index contributed by atoms with van der Waals surface area (Å²) in [5.41, 5.74) is 0. The highest BCUT2D eigenvalue weighted by Gasteiger charge is 2.15. The molecule has 0 radical (unpaired) electrons. The third-order valence-corrected chi connectivity index (χ3v) is 2.61. The molecule has 0 N–H and O–H groups in total. The second kappa shape index (κ2) is 6.50. The lowest BCUT2D eigenvalue weighted by atomic mass is 10.4. The number of carbonyl (C=O) groups excluding carboxylic acids is 1.